The minimum absolute atomic E-state index is 0.0115. The molecule has 0 radical (unpaired) electrons. The first-order valence-electron chi connectivity index (χ1n) is 4.45. The molecule has 0 aliphatic rings. The van der Waals surface area contributed by atoms with Crippen molar-refractivity contribution in [3.05, 3.63) is 41.2 Å². The van der Waals surface area contributed by atoms with Gasteiger partial charge in [-0.1, -0.05) is 12.2 Å². The van der Waals surface area contributed by atoms with Gasteiger partial charge in [0.15, 0.2) is 0 Å². The van der Waals surface area contributed by atoms with Crippen LogP contribution in [0.15, 0.2) is 24.3 Å². The Morgan fingerprint density at radius 3 is 2.73 bits per heavy atom. The standard InChI is InChI=1S/C11H11FO3/c12-10-6-8(3-1-2-4-13)5-9(7-10)11(14)15/h1,3,5-7,13H,2,4H2,(H,14,15). The monoisotopic (exact) mass is 210 g/mol. The summed E-state index contributed by atoms with van der Waals surface area (Å²) in [5.41, 5.74) is 0.388. The second-order valence-corrected chi connectivity index (χ2v) is 2.99. The summed E-state index contributed by atoms with van der Waals surface area (Å²) in [6.07, 6.45) is 3.69. The lowest BCUT2D eigenvalue weighted by Crippen LogP contribution is -1.97. The minimum atomic E-state index is -1.16. The Bertz CT molecular complexity index is 385. The SMILES string of the molecule is O=C(O)c1cc(F)cc(C=CCCO)c1. The van der Waals surface area contributed by atoms with E-state index in [1.165, 1.54) is 12.1 Å². The zero-order valence-corrected chi connectivity index (χ0v) is 7.98. The molecule has 0 heterocycles. The Morgan fingerprint density at radius 2 is 2.13 bits per heavy atom. The Labute approximate surface area is 86.5 Å². The molecule has 0 amide bonds. The Balaban J connectivity index is 2.93. The number of carboxylic acid groups (broad SMARTS) is 1. The van der Waals surface area contributed by atoms with E-state index in [1.54, 1.807) is 12.2 Å². The first-order chi connectivity index (χ1) is 7.13. The molecular formula is C11H11FO3. The fourth-order valence-electron chi connectivity index (χ4n) is 1.13. The van der Waals surface area contributed by atoms with Gasteiger partial charge in [0.2, 0.25) is 0 Å². The molecule has 80 valence electrons. The van der Waals surface area contributed by atoms with Gasteiger partial charge in [-0.25, -0.2) is 9.18 Å². The Kier molecular flexibility index (Phi) is 4.00. The fraction of sp³-hybridized carbons (Fsp3) is 0.182. The van der Waals surface area contributed by atoms with Gasteiger partial charge in [-0.2, -0.15) is 0 Å². The van der Waals surface area contributed by atoms with Crippen LogP contribution in [0.25, 0.3) is 6.08 Å². The van der Waals surface area contributed by atoms with Crippen LogP contribution in [-0.2, 0) is 0 Å². The molecule has 0 saturated carbocycles. The summed E-state index contributed by atoms with van der Waals surface area (Å²) >= 11 is 0. The third kappa shape index (κ3) is 3.52. The molecule has 0 fully saturated rings. The van der Waals surface area contributed by atoms with Gasteiger partial charge < -0.3 is 10.2 Å². The van der Waals surface area contributed by atoms with Gasteiger partial charge in [-0.3, -0.25) is 0 Å². The fourth-order valence-corrected chi connectivity index (χ4v) is 1.13. The number of hydrogen-bond acceptors (Lipinski definition) is 2. The lowest BCUT2D eigenvalue weighted by molar-refractivity contribution is 0.0696. The van der Waals surface area contributed by atoms with Gasteiger partial charge in [0.05, 0.1) is 5.56 Å². The van der Waals surface area contributed by atoms with Crippen molar-refractivity contribution in [2.24, 2.45) is 0 Å². The molecule has 1 rings (SSSR count). The third-order valence-electron chi connectivity index (χ3n) is 1.77. The highest BCUT2D eigenvalue weighted by molar-refractivity contribution is 5.88. The van der Waals surface area contributed by atoms with Gasteiger partial charge >= 0.3 is 5.97 Å². The maximum absolute atomic E-state index is 13.0. The van der Waals surface area contributed by atoms with Crippen LogP contribution in [0.1, 0.15) is 22.3 Å². The van der Waals surface area contributed by atoms with Gasteiger partial charge in [0.1, 0.15) is 5.82 Å². The van der Waals surface area contributed by atoms with Crippen LogP contribution in [0.3, 0.4) is 0 Å². The summed E-state index contributed by atoms with van der Waals surface area (Å²) in [5, 5.41) is 17.2. The van der Waals surface area contributed by atoms with Crippen LogP contribution in [0, 0.1) is 5.82 Å². The molecule has 0 saturated heterocycles. The molecule has 3 nitrogen and oxygen atoms in total. The number of benzene rings is 1. The van der Waals surface area contributed by atoms with E-state index < -0.39 is 11.8 Å². The van der Waals surface area contributed by atoms with Crippen molar-refractivity contribution in [3.8, 4) is 0 Å². The van der Waals surface area contributed by atoms with Gasteiger partial charge in [-0.05, 0) is 30.2 Å². The van der Waals surface area contributed by atoms with E-state index in [4.69, 9.17) is 10.2 Å². The van der Waals surface area contributed by atoms with Crippen molar-refractivity contribution in [2.45, 2.75) is 6.42 Å². The maximum atomic E-state index is 13.0. The summed E-state index contributed by atoms with van der Waals surface area (Å²) < 4.78 is 13.0. The van der Waals surface area contributed by atoms with E-state index in [0.29, 0.717) is 12.0 Å². The van der Waals surface area contributed by atoms with Gasteiger partial charge in [0, 0.05) is 6.61 Å². The lowest BCUT2D eigenvalue weighted by Gasteiger charge is -1.98. The van der Waals surface area contributed by atoms with Crippen LogP contribution in [0.4, 0.5) is 4.39 Å². The number of halogens is 1. The van der Waals surface area contributed by atoms with Crippen LogP contribution in [0.5, 0.6) is 0 Å². The highest BCUT2D eigenvalue weighted by Crippen LogP contribution is 2.11. The predicted octanol–water partition coefficient (Wildman–Crippen LogP) is 1.92. The van der Waals surface area contributed by atoms with Crippen molar-refractivity contribution < 1.29 is 19.4 Å². The summed E-state index contributed by atoms with van der Waals surface area (Å²) in [6, 6.07) is 3.57. The number of aromatic carboxylic acids is 1. The lowest BCUT2D eigenvalue weighted by atomic mass is 10.1. The highest BCUT2D eigenvalue weighted by Gasteiger charge is 2.05. The first kappa shape index (κ1) is 11.4. The highest BCUT2D eigenvalue weighted by atomic mass is 19.1. The molecule has 0 bridgehead atoms. The van der Waals surface area contributed by atoms with Crippen LogP contribution < -0.4 is 0 Å². The van der Waals surface area contributed by atoms with Crippen LogP contribution >= 0.6 is 0 Å². The largest absolute Gasteiger partial charge is 0.478 e. The number of hydrogen-bond donors (Lipinski definition) is 2. The van der Waals surface area contributed by atoms with E-state index in [0.717, 1.165) is 6.07 Å². The van der Waals surface area contributed by atoms with Gasteiger partial charge in [0.25, 0.3) is 0 Å². The molecule has 0 aliphatic heterocycles. The number of carbonyl (C=O) groups is 1. The zero-order chi connectivity index (χ0) is 11.3. The zero-order valence-electron chi connectivity index (χ0n) is 7.98. The molecule has 0 aromatic heterocycles. The molecule has 4 heteroatoms. The molecule has 0 aliphatic carbocycles. The molecule has 0 unspecified atom stereocenters. The normalized spacial score (nSPS) is 10.8. The number of carboxylic acids is 1. The first-order valence-corrected chi connectivity index (χ1v) is 4.45. The summed E-state index contributed by atoms with van der Waals surface area (Å²) in [6.45, 7) is 0.0115. The van der Waals surface area contributed by atoms with Crippen LogP contribution in [0.2, 0.25) is 0 Å². The number of aliphatic hydroxyl groups excluding tert-OH is 1. The molecule has 1 aromatic rings. The predicted molar refractivity (Wildman–Crippen MR) is 54.1 cm³/mol. The van der Waals surface area contributed by atoms with Crippen molar-refractivity contribution in [1.29, 1.82) is 0 Å². The third-order valence-corrected chi connectivity index (χ3v) is 1.77. The average molecular weight is 210 g/mol. The maximum Gasteiger partial charge on any atom is 0.335 e. The molecule has 0 spiro atoms. The van der Waals surface area contributed by atoms with E-state index in [1.807, 2.05) is 0 Å². The second-order valence-electron chi connectivity index (χ2n) is 2.99. The summed E-state index contributed by atoms with van der Waals surface area (Å²) in [4.78, 5) is 10.6. The smallest absolute Gasteiger partial charge is 0.335 e. The Morgan fingerprint density at radius 1 is 1.40 bits per heavy atom. The van der Waals surface area contributed by atoms with Gasteiger partial charge in [-0.15, -0.1) is 0 Å². The minimum Gasteiger partial charge on any atom is -0.478 e. The van der Waals surface area contributed by atoms with Crippen LogP contribution in [-0.4, -0.2) is 22.8 Å². The molecule has 0 atom stereocenters. The van der Waals surface area contributed by atoms with E-state index in [9.17, 15) is 9.18 Å². The van der Waals surface area contributed by atoms with Crippen molar-refractivity contribution in [1.82, 2.24) is 0 Å². The molecule has 1 aromatic carbocycles. The number of rotatable bonds is 4. The van der Waals surface area contributed by atoms with Crippen molar-refractivity contribution in [3.63, 3.8) is 0 Å². The topological polar surface area (TPSA) is 57.5 Å². The molecule has 2 N–H and O–H groups in total. The Hall–Kier alpha value is -1.68. The van der Waals surface area contributed by atoms with Crippen molar-refractivity contribution in [2.75, 3.05) is 6.61 Å². The molecular weight excluding hydrogens is 199 g/mol. The summed E-state index contributed by atoms with van der Waals surface area (Å²) in [5.74, 6) is -1.75. The van der Waals surface area contributed by atoms with E-state index in [2.05, 4.69) is 0 Å². The number of aliphatic hydroxyl groups is 1. The van der Waals surface area contributed by atoms with E-state index >= 15 is 0 Å². The second kappa shape index (κ2) is 5.26. The van der Waals surface area contributed by atoms with Crippen molar-refractivity contribution >= 4 is 12.0 Å². The summed E-state index contributed by atoms with van der Waals surface area (Å²) in [7, 11) is 0. The quantitative estimate of drug-likeness (QED) is 0.798. The van der Waals surface area contributed by atoms with E-state index in [-0.39, 0.29) is 12.2 Å². The average Bonchev–Trinajstić information content (AvgIpc) is 2.17. The molecule has 15 heavy (non-hydrogen) atoms.